The Bertz CT molecular complexity index is 640. The fraction of sp³-hybridized carbons (Fsp3) is 0.500. The van der Waals surface area contributed by atoms with Gasteiger partial charge in [0, 0.05) is 5.69 Å². The van der Waals surface area contributed by atoms with Gasteiger partial charge in [0.05, 0.1) is 24.9 Å². The van der Waals surface area contributed by atoms with E-state index in [0.717, 1.165) is 12.8 Å². The van der Waals surface area contributed by atoms with Crippen molar-refractivity contribution in [3.05, 3.63) is 34.7 Å². The molecule has 1 heterocycles. The first-order valence-corrected chi connectivity index (χ1v) is 7.24. The van der Waals surface area contributed by atoms with Crippen LogP contribution in [0.3, 0.4) is 0 Å². The Labute approximate surface area is 122 Å². The second-order valence-corrected chi connectivity index (χ2v) is 5.27. The molecule has 7 heteroatoms. The van der Waals surface area contributed by atoms with Crippen molar-refractivity contribution in [3.8, 4) is 5.69 Å². The summed E-state index contributed by atoms with van der Waals surface area (Å²) in [6.45, 7) is 0.912. The number of nitrogens with zero attached hydrogens (tertiary/aromatic N) is 4. The van der Waals surface area contributed by atoms with Gasteiger partial charge >= 0.3 is 5.69 Å². The molecule has 0 radical (unpaired) electrons. The van der Waals surface area contributed by atoms with Gasteiger partial charge in [-0.2, -0.15) is 9.36 Å². The quantitative estimate of drug-likeness (QED) is 0.829. The van der Waals surface area contributed by atoms with Crippen LogP contribution in [-0.4, -0.2) is 32.5 Å². The minimum atomic E-state index is -0.269. The van der Waals surface area contributed by atoms with Crippen molar-refractivity contribution in [1.82, 2.24) is 19.8 Å². The van der Waals surface area contributed by atoms with Crippen LogP contribution in [0.25, 0.3) is 5.69 Å². The number of benzene rings is 1. The number of anilines is 1. The maximum Gasteiger partial charge on any atom is 0.368 e. The Kier molecular flexibility index (Phi) is 4.01. The summed E-state index contributed by atoms with van der Waals surface area (Å²) < 4.78 is 8.32. The molecule has 1 aromatic heterocycles. The summed E-state index contributed by atoms with van der Waals surface area (Å²) in [4.78, 5) is 12.2. The minimum Gasteiger partial charge on any atom is -0.399 e. The predicted molar refractivity (Wildman–Crippen MR) is 78.2 cm³/mol. The smallest absolute Gasteiger partial charge is 0.368 e. The monoisotopic (exact) mass is 289 g/mol. The third-order valence-corrected chi connectivity index (χ3v) is 3.74. The topological polar surface area (TPSA) is 88.0 Å². The van der Waals surface area contributed by atoms with Gasteiger partial charge in [-0.05, 0) is 47.5 Å². The van der Waals surface area contributed by atoms with E-state index in [2.05, 4.69) is 10.4 Å². The second-order valence-electron chi connectivity index (χ2n) is 5.27. The molecule has 1 aliphatic carbocycles. The van der Waals surface area contributed by atoms with Crippen molar-refractivity contribution in [2.24, 2.45) is 0 Å². The lowest BCUT2D eigenvalue weighted by Crippen LogP contribution is -2.26. The maximum atomic E-state index is 12.2. The van der Waals surface area contributed by atoms with Crippen molar-refractivity contribution < 1.29 is 4.74 Å². The van der Waals surface area contributed by atoms with Crippen LogP contribution in [0.15, 0.2) is 29.1 Å². The lowest BCUT2D eigenvalue weighted by Gasteiger charge is -2.09. The fourth-order valence-corrected chi connectivity index (χ4v) is 2.55. The molecule has 2 N–H and O–H groups in total. The van der Waals surface area contributed by atoms with Crippen molar-refractivity contribution in [2.45, 2.75) is 38.3 Å². The molecule has 0 aliphatic heterocycles. The molecule has 0 amide bonds. The van der Waals surface area contributed by atoms with Crippen LogP contribution in [0.5, 0.6) is 0 Å². The molecule has 112 valence electrons. The number of rotatable bonds is 5. The summed E-state index contributed by atoms with van der Waals surface area (Å²) in [5, 5.41) is 7.77. The summed E-state index contributed by atoms with van der Waals surface area (Å²) in [6, 6.07) is 6.93. The molecule has 1 fully saturated rings. The zero-order chi connectivity index (χ0) is 14.7. The number of ether oxygens (including phenoxy) is 1. The molecule has 0 saturated heterocycles. The molecular formula is C14H19N5O2. The highest BCUT2D eigenvalue weighted by Gasteiger charge is 2.15. The number of hydrogen-bond acceptors (Lipinski definition) is 5. The fourth-order valence-electron chi connectivity index (χ4n) is 2.55. The highest BCUT2D eigenvalue weighted by molar-refractivity contribution is 5.44. The molecule has 0 bridgehead atoms. The van der Waals surface area contributed by atoms with Crippen LogP contribution < -0.4 is 11.4 Å². The predicted octanol–water partition coefficient (Wildman–Crippen LogP) is 0.970. The Morgan fingerprint density at radius 1 is 1.19 bits per heavy atom. The van der Waals surface area contributed by atoms with Crippen LogP contribution in [0.2, 0.25) is 0 Å². The summed E-state index contributed by atoms with van der Waals surface area (Å²) in [5.41, 5.74) is 6.65. The molecule has 0 spiro atoms. The molecule has 1 aliphatic rings. The van der Waals surface area contributed by atoms with Crippen LogP contribution in [-0.2, 0) is 11.3 Å². The Morgan fingerprint density at radius 2 is 1.90 bits per heavy atom. The highest BCUT2D eigenvalue weighted by atomic mass is 16.5. The van der Waals surface area contributed by atoms with Gasteiger partial charge in [-0.3, -0.25) is 0 Å². The molecule has 1 aromatic carbocycles. The molecule has 2 aromatic rings. The highest BCUT2D eigenvalue weighted by Crippen LogP contribution is 2.20. The van der Waals surface area contributed by atoms with Gasteiger partial charge in [-0.25, -0.2) is 4.79 Å². The van der Waals surface area contributed by atoms with Crippen LogP contribution in [0.1, 0.15) is 25.7 Å². The summed E-state index contributed by atoms with van der Waals surface area (Å²) in [5.74, 6) is 0. The van der Waals surface area contributed by atoms with Crippen LogP contribution >= 0.6 is 0 Å². The van der Waals surface area contributed by atoms with Crippen molar-refractivity contribution in [3.63, 3.8) is 0 Å². The maximum absolute atomic E-state index is 12.2. The van der Waals surface area contributed by atoms with E-state index in [-0.39, 0.29) is 5.69 Å². The first-order valence-electron chi connectivity index (χ1n) is 7.24. The SMILES string of the molecule is Nc1ccc(-n2nnn(CCOC3CCCC3)c2=O)cc1. The lowest BCUT2D eigenvalue weighted by molar-refractivity contribution is 0.0507. The van der Waals surface area contributed by atoms with E-state index in [4.69, 9.17) is 10.5 Å². The third-order valence-electron chi connectivity index (χ3n) is 3.74. The van der Waals surface area contributed by atoms with Crippen LogP contribution in [0, 0.1) is 0 Å². The number of nitrogens with two attached hydrogens (primary N) is 1. The van der Waals surface area contributed by atoms with Gasteiger partial charge in [-0.1, -0.05) is 12.8 Å². The van der Waals surface area contributed by atoms with Crippen LogP contribution in [0.4, 0.5) is 5.69 Å². The molecule has 7 nitrogen and oxygen atoms in total. The van der Waals surface area contributed by atoms with Gasteiger partial charge in [-0.15, -0.1) is 0 Å². The number of tetrazole rings is 1. The average Bonchev–Trinajstić information content (AvgIpc) is 3.11. The zero-order valence-electron chi connectivity index (χ0n) is 11.8. The second kappa shape index (κ2) is 6.09. The van der Waals surface area contributed by atoms with E-state index in [1.165, 1.54) is 22.2 Å². The summed E-state index contributed by atoms with van der Waals surface area (Å²) in [7, 11) is 0. The minimum absolute atomic E-state index is 0.269. The van der Waals surface area contributed by atoms with Gasteiger partial charge in [0.15, 0.2) is 0 Å². The van der Waals surface area contributed by atoms with Gasteiger partial charge < -0.3 is 10.5 Å². The molecule has 3 rings (SSSR count). The van der Waals surface area contributed by atoms with Crippen molar-refractivity contribution in [1.29, 1.82) is 0 Å². The molecule has 21 heavy (non-hydrogen) atoms. The lowest BCUT2D eigenvalue weighted by atomic mass is 10.3. The number of hydrogen-bond donors (Lipinski definition) is 1. The summed E-state index contributed by atoms with van der Waals surface area (Å²) >= 11 is 0. The van der Waals surface area contributed by atoms with Gasteiger partial charge in [0.1, 0.15) is 0 Å². The van der Waals surface area contributed by atoms with Gasteiger partial charge in [0.25, 0.3) is 0 Å². The van der Waals surface area contributed by atoms with Crippen molar-refractivity contribution in [2.75, 3.05) is 12.3 Å². The zero-order valence-corrected chi connectivity index (χ0v) is 11.8. The normalized spacial score (nSPS) is 15.6. The molecule has 0 atom stereocenters. The standard InChI is InChI=1S/C14H19N5O2/c15-11-5-7-12(8-6-11)19-14(20)18(16-17-19)9-10-21-13-3-1-2-4-13/h5-8,13H,1-4,9-10,15H2. The van der Waals surface area contributed by atoms with Crippen molar-refractivity contribution >= 4 is 5.69 Å². The Hall–Kier alpha value is -2.15. The first kappa shape index (κ1) is 13.8. The van der Waals surface area contributed by atoms with E-state index in [0.29, 0.717) is 30.6 Å². The average molecular weight is 289 g/mol. The molecule has 0 unspecified atom stereocenters. The van der Waals surface area contributed by atoms with E-state index < -0.39 is 0 Å². The van der Waals surface area contributed by atoms with E-state index in [9.17, 15) is 4.79 Å². The molecule has 1 saturated carbocycles. The summed E-state index contributed by atoms with van der Waals surface area (Å²) in [6.07, 6.45) is 5.04. The van der Waals surface area contributed by atoms with E-state index >= 15 is 0 Å². The van der Waals surface area contributed by atoms with E-state index in [1.807, 2.05) is 0 Å². The number of nitrogen functional groups attached to an aromatic ring is 1. The Balaban J connectivity index is 1.64. The number of aromatic nitrogens is 4. The first-order chi connectivity index (χ1) is 10.2. The van der Waals surface area contributed by atoms with Gasteiger partial charge in [0.2, 0.25) is 0 Å². The third kappa shape index (κ3) is 3.13. The largest absolute Gasteiger partial charge is 0.399 e. The Morgan fingerprint density at radius 3 is 2.62 bits per heavy atom. The molecular weight excluding hydrogens is 270 g/mol. The van der Waals surface area contributed by atoms with E-state index in [1.54, 1.807) is 24.3 Å².